The number of thiophene rings is 1. The molecule has 1 aromatic rings. The topological polar surface area (TPSA) is 32.7 Å². The summed E-state index contributed by atoms with van der Waals surface area (Å²) in [5.74, 6) is 0. The summed E-state index contributed by atoms with van der Waals surface area (Å²) in [4.78, 5) is 3.66. The Bertz CT molecular complexity index is 313. The van der Waals surface area contributed by atoms with E-state index < -0.39 is 0 Å². The summed E-state index contributed by atoms with van der Waals surface area (Å²) in [7, 11) is 1.70. The fourth-order valence-corrected chi connectivity index (χ4v) is 2.91. The molecule has 0 amide bonds. The molecule has 0 aliphatic carbocycles. The smallest absolute Gasteiger partial charge is 0.173 e. The summed E-state index contributed by atoms with van der Waals surface area (Å²) in [6.45, 7) is 2.33. The van der Waals surface area contributed by atoms with Gasteiger partial charge in [-0.05, 0) is 31.5 Å². The van der Waals surface area contributed by atoms with Gasteiger partial charge in [0.1, 0.15) is 0 Å². The normalized spacial score (nSPS) is 22.1. The molecule has 84 valence electrons. The molecule has 1 N–H and O–H groups in total. The Kier molecular flexibility index (Phi) is 3.61. The highest BCUT2D eigenvalue weighted by Gasteiger charge is 2.23. The van der Waals surface area contributed by atoms with E-state index in [1.54, 1.807) is 18.4 Å². The predicted octanol–water partition coefficient (Wildman–Crippen LogP) is 1.71. The largest absolute Gasteiger partial charge is 0.487 e. The highest BCUT2D eigenvalue weighted by molar-refractivity contribution is 7.13. The summed E-state index contributed by atoms with van der Waals surface area (Å²) in [5, 5.41) is 10.2. The van der Waals surface area contributed by atoms with E-state index in [2.05, 4.69) is 11.0 Å². The first-order valence-corrected chi connectivity index (χ1v) is 6.12. The molecule has 0 saturated carbocycles. The van der Waals surface area contributed by atoms with Gasteiger partial charge >= 0.3 is 0 Å². The molecule has 0 radical (unpaired) electrons. The first-order chi connectivity index (χ1) is 7.33. The van der Waals surface area contributed by atoms with Gasteiger partial charge in [-0.15, -0.1) is 11.3 Å². The van der Waals surface area contributed by atoms with E-state index >= 15 is 0 Å². The van der Waals surface area contributed by atoms with Gasteiger partial charge in [-0.2, -0.15) is 0 Å². The molecule has 1 aromatic heterocycles. The molecule has 0 unspecified atom stereocenters. The van der Waals surface area contributed by atoms with Crippen molar-refractivity contribution in [3.05, 3.63) is 17.0 Å². The third-order valence-corrected chi connectivity index (χ3v) is 3.94. The third kappa shape index (κ3) is 2.51. The first-order valence-electron chi connectivity index (χ1n) is 5.31. The molecule has 15 heavy (non-hydrogen) atoms. The molecule has 0 bridgehead atoms. The van der Waals surface area contributed by atoms with Crippen LogP contribution in [0, 0.1) is 0 Å². The van der Waals surface area contributed by atoms with Crippen molar-refractivity contribution in [2.75, 3.05) is 20.3 Å². The van der Waals surface area contributed by atoms with Crippen molar-refractivity contribution in [2.24, 2.45) is 0 Å². The molecule has 3 nitrogen and oxygen atoms in total. The van der Waals surface area contributed by atoms with E-state index in [0.29, 0.717) is 6.04 Å². The quantitative estimate of drug-likeness (QED) is 0.850. The third-order valence-electron chi connectivity index (χ3n) is 2.91. The number of methoxy groups -OCH3 is 1. The van der Waals surface area contributed by atoms with Crippen molar-refractivity contribution < 1.29 is 9.84 Å². The van der Waals surface area contributed by atoms with E-state index in [1.165, 1.54) is 11.3 Å². The van der Waals surface area contributed by atoms with Crippen LogP contribution < -0.4 is 4.74 Å². The van der Waals surface area contributed by atoms with E-state index in [0.717, 1.165) is 24.6 Å². The van der Waals surface area contributed by atoms with Crippen LogP contribution in [0.4, 0.5) is 0 Å². The van der Waals surface area contributed by atoms with Gasteiger partial charge < -0.3 is 9.84 Å². The lowest BCUT2D eigenvalue weighted by Crippen LogP contribution is -2.31. The molecule has 1 saturated heterocycles. The van der Waals surface area contributed by atoms with Crippen molar-refractivity contribution >= 4 is 11.3 Å². The second kappa shape index (κ2) is 4.96. The monoisotopic (exact) mass is 227 g/mol. The molecule has 2 heterocycles. The number of rotatable bonds is 4. The van der Waals surface area contributed by atoms with Gasteiger partial charge in [0.2, 0.25) is 0 Å². The van der Waals surface area contributed by atoms with Gasteiger partial charge in [0.05, 0.1) is 13.7 Å². The van der Waals surface area contributed by atoms with Gasteiger partial charge in [0.15, 0.2) is 5.06 Å². The maximum Gasteiger partial charge on any atom is 0.173 e. The average molecular weight is 227 g/mol. The Labute approximate surface area is 94.3 Å². The van der Waals surface area contributed by atoms with Gasteiger partial charge in [-0.3, -0.25) is 4.90 Å². The van der Waals surface area contributed by atoms with E-state index in [-0.39, 0.29) is 6.61 Å². The van der Waals surface area contributed by atoms with Crippen LogP contribution in [-0.4, -0.2) is 36.3 Å². The zero-order valence-electron chi connectivity index (χ0n) is 8.98. The van der Waals surface area contributed by atoms with Gasteiger partial charge in [-0.1, -0.05) is 0 Å². The van der Waals surface area contributed by atoms with Gasteiger partial charge in [-0.25, -0.2) is 0 Å². The van der Waals surface area contributed by atoms with Crippen LogP contribution in [0.15, 0.2) is 12.1 Å². The maximum absolute atomic E-state index is 9.20. The minimum atomic E-state index is 0.280. The highest BCUT2D eigenvalue weighted by atomic mass is 32.1. The van der Waals surface area contributed by atoms with Crippen molar-refractivity contribution in [1.29, 1.82) is 0 Å². The lowest BCUT2D eigenvalue weighted by Gasteiger charge is -2.21. The highest BCUT2D eigenvalue weighted by Crippen LogP contribution is 2.27. The molecular weight excluding hydrogens is 210 g/mol. The minimum absolute atomic E-state index is 0.280. The van der Waals surface area contributed by atoms with Crippen molar-refractivity contribution in [3.63, 3.8) is 0 Å². The number of nitrogens with zero attached hydrogens (tertiary/aromatic N) is 1. The molecule has 4 heteroatoms. The Hall–Kier alpha value is -0.580. The Balaban J connectivity index is 1.95. The first kappa shape index (κ1) is 10.9. The lowest BCUT2D eigenvalue weighted by molar-refractivity contribution is 0.154. The minimum Gasteiger partial charge on any atom is -0.487 e. The fourth-order valence-electron chi connectivity index (χ4n) is 2.06. The SMILES string of the molecule is COc1ccc(CN2CCC[C@H]2CO)s1. The molecule has 2 rings (SSSR count). The molecule has 0 aromatic carbocycles. The number of ether oxygens (including phenoxy) is 1. The summed E-state index contributed by atoms with van der Waals surface area (Å²) < 4.78 is 5.16. The second-order valence-corrected chi connectivity index (χ2v) is 5.00. The number of aliphatic hydroxyl groups excluding tert-OH is 1. The Morgan fingerprint density at radius 1 is 1.60 bits per heavy atom. The molecule has 1 atom stereocenters. The summed E-state index contributed by atoms with van der Waals surface area (Å²) in [5.41, 5.74) is 0. The molecular formula is C11H17NO2S. The predicted molar refractivity (Wildman–Crippen MR) is 61.4 cm³/mol. The van der Waals surface area contributed by atoms with Crippen molar-refractivity contribution in [2.45, 2.75) is 25.4 Å². The van der Waals surface area contributed by atoms with Crippen LogP contribution in [0.1, 0.15) is 17.7 Å². The maximum atomic E-state index is 9.20. The number of hydrogen-bond acceptors (Lipinski definition) is 4. The number of hydrogen-bond donors (Lipinski definition) is 1. The van der Waals surface area contributed by atoms with Gasteiger partial charge in [0, 0.05) is 17.5 Å². The average Bonchev–Trinajstić information content (AvgIpc) is 2.87. The van der Waals surface area contributed by atoms with Crippen molar-refractivity contribution in [3.8, 4) is 5.06 Å². The number of aliphatic hydroxyl groups is 1. The summed E-state index contributed by atoms with van der Waals surface area (Å²) in [6.07, 6.45) is 2.33. The lowest BCUT2D eigenvalue weighted by atomic mass is 10.2. The standard InChI is InChI=1S/C11H17NO2S/c1-14-11-5-4-10(15-11)7-12-6-2-3-9(12)8-13/h4-5,9,13H,2-3,6-8H2,1H3/t9-/m0/s1. The van der Waals surface area contributed by atoms with E-state index in [1.807, 2.05) is 6.07 Å². The Morgan fingerprint density at radius 3 is 3.13 bits per heavy atom. The van der Waals surface area contributed by atoms with Crippen LogP contribution in [-0.2, 0) is 6.54 Å². The second-order valence-electron chi connectivity index (χ2n) is 3.87. The van der Waals surface area contributed by atoms with Crippen molar-refractivity contribution in [1.82, 2.24) is 4.90 Å². The van der Waals surface area contributed by atoms with Crippen LogP contribution in [0.5, 0.6) is 5.06 Å². The van der Waals surface area contributed by atoms with Gasteiger partial charge in [0.25, 0.3) is 0 Å². The van der Waals surface area contributed by atoms with E-state index in [9.17, 15) is 5.11 Å². The molecule has 0 spiro atoms. The summed E-state index contributed by atoms with van der Waals surface area (Å²) >= 11 is 1.69. The van der Waals surface area contributed by atoms with Crippen LogP contribution >= 0.6 is 11.3 Å². The van der Waals surface area contributed by atoms with Crippen LogP contribution in [0.2, 0.25) is 0 Å². The molecule has 1 aliphatic rings. The summed E-state index contributed by atoms with van der Waals surface area (Å²) in [6, 6.07) is 4.47. The molecule has 1 aliphatic heterocycles. The van der Waals surface area contributed by atoms with Crippen LogP contribution in [0.25, 0.3) is 0 Å². The number of likely N-dealkylation sites (tertiary alicyclic amines) is 1. The fraction of sp³-hybridized carbons (Fsp3) is 0.636. The molecule has 1 fully saturated rings. The zero-order chi connectivity index (χ0) is 10.7. The zero-order valence-corrected chi connectivity index (χ0v) is 9.80. The van der Waals surface area contributed by atoms with E-state index in [4.69, 9.17) is 4.74 Å². The Morgan fingerprint density at radius 2 is 2.47 bits per heavy atom. The van der Waals surface area contributed by atoms with Crippen LogP contribution in [0.3, 0.4) is 0 Å².